The molecular formula is C37H50N4O8S. The van der Waals surface area contributed by atoms with E-state index in [9.17, 15) is 23.1 Å². The average molecular weight is 711 g/mol. The fraction of sp³-hybridized carbons (Fsp3) is 0.459. The molecule has 272 valence electrons. The molecule has 0 bridgehead atoms. The lowest BCUT2D eigenvalue weighted by atomic mass is 10.0. The molecule has 0 spiro atoms. The second-order valence-corrected chi connectivity index (χ2v) is 15.0. The van der Waals surface area contributed by atoms with Crippen LogP contribution in [0, 0.1) is 12.8 Å². The Balaban J connectivity index is 1.61. The van der Waals surface area contributed by atoms with Crippen LogP contribution in [-0.4, -0.2) is 93.4 Å². The molecule has 50 heavy (non-hydrogen) atoms. The van der Waals surface area contributed by atoms with Crippen LogP contribution in [0.4, 0.5) is 16.2 Å². The van der Waals surface area contributed by atoms with Gasteiger partial charge in [-0.05, 0) is 94.6 Å². The Morgan fingerprint density at radius 2 is 1.70 bits per heavy atom. The van der Waals surface area contributed by atoms with Crippen LogP contribution in [0.25, 0.3) is 0 Å². The molecule has 3 aromatic carbocycles. The molecule has 0 aliphatic carbocycles. The first-order valence-electron chi connectivity index (χ1n) is 16.9. The van der Waals surface area contributed by atoms with Gasteiger partial charge >= 0.3 is 6.03 Å². The van der Waals surface area contributed by atoms with Crippen molar-refractivity contribution in [1.29, 1.82) is 0 Å². The Morgan fingerprint density at radius 1 is 1.04 bits per heavy atom. The first-order valence-corrected chi connectivity index (χ1v) is 18.4. The number of benzene rings is 3. The second kappa shape index (κ2) is 17.7. The van der Waals surface area contributed by atoms with Gasteiger partial charge < -0.3 is 34.9 Å². The molecule has 4 atom stereocenters. The van der Waals surface area contributed by atoms with Crippen LogP contribution in [0.3, 0.4) is 0 Å². The van der Waals surface area contributed by atoms with E-state index in [2.05, 4.69) is 10.6 Å². The van der Waals surface area contributed by atoms with Gasteiger partial charge in [0.15, 0.2) is 0 Å². The van der Waals surface area contributed by atoms with Gasteiger partial charge in [0.05, 0.1) is 42.4 Å². The van der Waals surface area contributed by atoms with Crippen molar-refractivity contribution in [3.8, 4) is 11.5 Å². The largest absolute Gasteiger partial charge is 0.497 e. The van der Waals surface area contributed by atoms with Crippen molar-refractivity contribution >= 4 is 33.3 Å². The lowest BCUT2D eigenvalue weighted by molar-refractivity contribution is -0.00833. The van der Waals surface area contributed by atoms with Gasteiger partial charge in [-0.15, -0.1) is 0 Å². The van der Waals surface area contributed by atoms with Crippen LogP contribution in [0.2, 0.25) is 0 Å². The number of aliphatic hydroxyl groups excluding tert-OH is 1. The summed E-state index contributed by atoms with van der Waals surface area (Å²) < 4.78 is 46.1. The van der Waals surface area contributed by atoms with Crippen molar-refractivity contribution < 1.29 is 37.3 Å². The summed E-state index contributed by atoms with van der Waals surface area (Å²) in [5.74, 6) is 0.283. The topological polar surface area (TPSA) is 147 Å². The van der Waals surface area contributed by atoms with E-state index in [0.29, 0.717) is 35.9 Å². The quantitative estimate of drug-likeness (QED) is 0.254. The standard InChI is InChI=1S/C37H50N4O8S/c1-25-10-17-32(18-11-25)50(45,46)40(5)23-35-26(2)22-41(27(3)24-42)36(43)33-21-30(14-19-34(33)49-28(4)9-7-8-20-48-35)39-37(44)38-29-12-15-31(47-6)16-13-29/h10-19,21,26-28,35,42H,7-9,20,22-24H2,1-6H3,(H2,38,39,44)/t26-,27-,28+,35-/m0/s1. The first-order chi connectivity index (χ1) is 23.8. The highest BCUT2D eigenvalue weighted by atomic mass is 32.2. The second-order valence-electron chi connectivity index (χ2n) is 12.9. The zero-order chi connectivity index (χ0) is 36.4. The Morgan fingerprint density at radius 3 is 2.36 bits per heavy atom. The van der Waals surface area contributed by atoms with E-state index in [1.807, 2.05) is 20.8 Å². The lowest BCUT2D eigenvalue weighted by Crippen LogP contribution is -2.48. The van der Waals surface area contributed by atoms with Gasteiger partial charge in [-0.1, -0.05) is 24.6 Å². The summed E-state index contributed by atoms with van der Waals surface area (Å²) in [5.41, 5.74) is 2.11. The number of rotatable bonds is 9. The number of aryl methyl sites for hydroxylation is 1. The molecule has 0 unspecified atom stereocenters. The van der Waals surface area contributed by atoms with Crippen LogP contribution in [-0.2, 0) is 14.8 Å². The van der Waals surface area contributed by atoms with Gasteiger partial charge in [-0.2, -0.15) is 4.31 Å². The number of aliphatic hydroxyl groups is 1. The van der Waals surface area contributed by atoms with Gasteiger partial charge in [0, 0.05) is 44.0 Å². The number of carbonyl (C=O) groups excluding carboxylic acids is 2. The SMILES string of the molecule is COc1ccc(NC(=O)Nc2ccc3c(c2)C(=O)N([C@@H](C)CO)C[C@H](C)[C@H](CN(C)S(=O)(=O)c2ccc(C)cc2)OCCCC[C@@H](C)O3)cc1. The Hall–Kier alpha value is -4.17. The van der Waals surface area contributed by atoms with Gasteiger partial charge in [-0.3, -0.25) is 4.79 Å². The highest BCUT2D eigenvalue weighted by Gasteiger charge is 2.32. The minimum absolute atomic E-state index is 0.0698. The van der Waals surface area contributed by atoms with Crippen LogP contribution < -0.4 is 20.1 Å². The molecule has 3 aromatic rings. The van der Waals surface area contributed by atoms with Crippen molar-refractivity contribution in [3.63, 3.8) is 0 Å². The van der Waals surface area contributed by atoms with Crippen molar-refractivity contribution in [2.24, 2.45) is 5.92 Å². The summed E-state index contributed by atoms with van der Waals surface area (Å²) in [5, 5.41) is 15.8. The predicted octanol–water partition coefficient (Wildman–Crippen LogP) is 5.76. The molecule has 3 N–H and O–H groups in total. The number of amides is 3. The Bertz CT molecular complexity index is 1680. The van der Waals surface area contributed by atoms with Gasteiger partial charge in [0.2, 0.25) is 10.0 Å². The summed E-state index contributed by atoms with van der Waals surface area (Å²) in [6.07, 6.45) is 1.44. The molecule has 0 saturated carbocycles. The summed E-state index contributed by atoms with van der Waals surface area (Å²) in [6.45, 7) is 7.82. The van der Waals surface area contributed by atoms with Gasteiger partial charge in [-0.25, -0.2) is 13.2 Å². The van der Waals surface area contributed by atoms with E-state index in [4.69, 9.17) is 14.2 Å². The average Bonchev–Trinajstić information content (AvgIpc) is 3.09. The Kier molecular flexibility index (Phi) is 13.6. The van der Waals surface area contributed by atoms with E-state index in [0.717, 1.165) is 18.4 Å². The molecule has 1 aliphatic heterocycles. The fourth-order valence-corrected chi connectivity index (χ4v) is 6.86. The monoisotopic (exact) mass is 710 g/mol. The molecule has 3 amide bonds. The van der Waals surface area contributed by atoms with Crippen molar-refractivity contribution in [2.75, 3.05) is 51.1 Å². The number of carbonyl (C=O) groups is 2. The number of nitrogens with one attached hydrogen (secondary N) is 2. The van der Waals surface area contributed by atoms with Crippen LogP contribution in [0.5, 0.6) is 11.5 Å². The normalized spacial score (nSPS) is 19.9. The van der Waals surface area contributed by atoms with Crippen molar-refractivity contribution in [2.45, 2.75) is 70.1 Å². The number of sulfonamides is 1. The smallest absolute Gasteiger partial charge is 0.323 e. The number of anilines is 2. The molecule has 4 rings (SSSR count). The highest BCUT2D eigenvalue weighted by molar-refractivity contribution is 7.89. The molecule has 0 radical (unpaired) electrons. The third-order valence-corrected chi connectivity index (χ3v) is 10.7. The minimum atomic E-state index is -3.80. The molecule has 1 aliphatic rings. The molecule has 0 saturated heterocycles. The zero-order valence-electron chi connectivity index (χ0n) is 29.7. The van der Waals surface area contributed by atoms with Crippen LogP contribution >= 0.6 is 0 Å². The number of hydrogen-bond acceptors (Lipinski definition) is 8. The third-order valence-electron chi connectivity index (χ3n) is 8.82. The molecule has 12 nitrogen and oxygen atoms in total. The van der Waals surface area contributed by atoms with E-state index in [-0.39, 0.29) is 42.2 Å². The van der Waals surface area contributed by atoms with E-state index >= 15 is 0 Å². The maximum Gasteiger partial charge on any atom is 0.323 e. The number of methoxy groups -OCH3 is 1. The fourth-order valence-electron chi connectivity index (χ4n) is 5.67. The summed E-state index contributed by atoms with van der Waals surface area (Å²) >= 11 is 0. The molecule has 0 aromatic heterocycles. The van der Waals surface area contributed by atoms with E-state index < -0.39 is 34.1 Å². The number of urea groups is 1. The molecule has 0 fully saturated rings. The third kappa shape index (κ3) is 10.2. The maximum absolute atomic E-state index is 14.4. The molecule has 1 heterocycles. The first kappa shape index (κ1) is 38.6. The van der Waals surface area contributed by atoms with E-state index in [1.165, 1.54) is 11.4 Å². The number of nitrogens with zero attached hydrogens (tertiary/aromatic N) is 2. The molecular weight excluding hydrogens is 660 g/mol. The number of fused-ring (bicyclic) bond motifs is 1. The zero-order valence-corrected chi connectivity index (χ0v) is 30.5. The minimum Gasteiger partial charge on any atom is -0.497 e. The predicted molar refractivity (Wildman–Crippen MR) is 194 cm³/mol. The van der Waals surface area contributed by atoms with Crippen LogP contribution in [0.1, 0.15) is 56.0 Å². The highest BCUT2D eigenvalue weighted by Crippen LogP contribution is 2.29. The number of ether oxygens (including phenoxy) is 3. The van der Waals surface area contributed by atoms with Gasteiger partial charge in [0.25, 0.3) is 5.91 Å². The van der Waals surface area contributed by atoms with Crippen LogP contribution in [0.15, 0.2) is 71.6 Å². The maximum atomic E-state index is 14.4. The summed E-state index contributed by atoms with van der Waals surface area (Å²) in [6, 6.07) is 17.4. The number of hydrogen-bond donors (Lipinski definition) is 3. The lowest BCUT2D eigenvalue weighted by Gasteiger charge is -2.35. The Labute approximate surface area is 295 Å². The summed E-state index contributed by atoms with van der Waals surface area (Å²) in [7, 11) is -0.706. The van der Waals surface area contributed by atoms with Crippen molar-refractivity contribution in [1.82, 2.24) is 9.21 Å². The van der Waals surface area contributed by atoms with E-state index in [1.54, 1.807) is 85.7 Å². The van der Waals surface area contributed by atoms with Crippen molar-refractivity contribution in [3.05, 3.63) is 77.9 Å². The van der Waals surface area contributed by atoms with Gasteiger partial charge in [0.1, 0.15) is 11.5 Å². The number of likely N-dealkylation sites (N-methyl/N-ethyl adjacent to an activating group) is 1. The molecule has 13 heteroatoms. The summed E-state index contributed by atoms with van der Waals surface area (Å²) in [4.78, 5) is 29.0.